The predicted molar refractivity (Wildman–Crippen MR) is 90.1 cm³/mol. The second-order valence-electron chi connectivity index (χ2n) is 5.93. The molecule has 3 rings (SSSR count). The number of piperidine rings is 1. The monoisotopic (exact) mass is 284 g/mol. The zero-order chi connectivity index (χ0) is 14.8. The van der Waals surface area contributed by atoms with E-state index in [9.17, 15) is 0 Å². The van der Waals surface area contributed by atoms with Crippen LogP contribution in [0.4, 0.5) is 11.5 Å². The molecule has 0 saturated carbocycles. The number of anilines is 2. The zero-order valence-electron chi connectivity index (χ0n) is 13.1. The first-order valence-corrected chi connectivity index (χ1v) is 7.71. The second-order valence-corrected chi connectivity index (χ2v) is 5.93. The summed E-state index contributed by atoms with van der Waals surface area (Å²) < 4.78 is 0. The molecule has 1 saturated heterocycles. The number of pyridine rings is 1. The first-order chi connectivity index (χ1) is 10.2. The largest absolute Gasteiger partial charge is 0.388 e. The molecule has 1 aromatic heterocycles. The number of aromatic nitrogens is 1. The number of fused-ring (bicyclic) bond motifs is 1. The Labute approximate surface area is 126 Å². The number of hydrogen-bond donors (Lipinski definition) is 2. The maximum absolute atomic E-state index is 4.66. The highest BCUT2D eigenvalue weighted by Crippen LogP contribution is 2.29. The van der Waals surface area contributed by atoms with Gasteiger partial charge in [0.15, 0.2) is 0 Å². The van der Waals surface area contributed by atoms with E-state index in [-0.39, 0.29) is 0 Å². The molecule has 21 heavy (non-hydrogen) atoms. The van der Waals surface area contributed by atoms with Gasteiger partial charge in [-0.2, -0.15) is 0 Å². The van der Waals surface area contributed by atoms with E-state index in [1.165, 1.54) is 17.2 Å². The average Bonchev–Trinajstić information content (AvgIpc) is 2.53. The quantitative estimate of drug-likeness (QED) is 0.909. The highest BCUT2D eigenvalue weighted by Gasteiger charge is 2.26. The van der Waals surface area contributed by atoms with Crippen LogP contribution in [0.3, 0.4) is 0 Å². The van der Waals surface area contributed by atoms with Crippen LogP contribution in [0.2, 0.25) is 0 Å². The average molecular weight is 284 g/mol. The Morgan fingerprint density at radius 3 is 2.81 bits per heavy atom. The molecule has 0 aliphatic carbocycles. The zero-order valence-corrected chi connectivity index (χ0v) is 13.1. The van der Waals surface area contributed by atoms with Gasteiger partial charge < -0.3 is 15.5 Å². The molecular weight excluding hydrogens is 260 g/mol. The van der Waals surface area contributed by atoms with Crippen molar-refractivity contribution in [3.05, 3.63) is 30.5 Å². The molecule has 2 N–H and O–H groups in total. The number of nitrogens with one attached hydrogen (secondary N) is 2. The van der Waals surface area contributed by atoms with Crippen molar-refractivity contribution in [3.8, 4) is 0 Å². The molecule has 1 aliphatic rings. The van der Waals surface area contributed by atoms with Crippen LogP contribution in [-0.4, -0.2) is 38.2 Å². The summed E-state index contributed by atoms with van der Waals surface area (Å²) in [6.07, 6.45) is 3.09. The molecule has 4 heteroatoms. The summed E-state index contributed by atoms with van der Waals surface area (Å²) in [7, 11) is 4.01. The molecule has 0 radical (unpaired) electrons. The summed E-state index contributed by atoms with van der Waals surface area (Å²) in [6, 6.07) is 9.19. The molecule has 2 atom stereocenters. The van der Waals surface area contributed by atoms with Gasteiger partial charge in [0.2, 0.25) is 0 Å². The minimum absolute atomic E-state index is 0.618. The number of benzene rings is 1. The Hall–Kier alpha value is -1.81. The van der Waals surface area contributed by atoms with Crippen LogP contribution in [0.1, 0.15) is 13.3 Å². The van der Waals surface area contributed by atoms with Crippen molar-refractivity contribution < 1.29 is 0 Å². The van der Waals surface area contributed by atoms with Gasteiger partial charge in [0.1, 0.15) is 5.82 Å². The molecule has 2 aromatic rings. The van der Waals surface area contributed by atoms with E-state index >= 15 is 0 Å². The molecule has 1 aromatic carbocycles. The fraction of sp³-hybridized carbons (Fsp3) is 0.471. The van der Waals surface area contributed by atoms with E-state index < -0.39 is 0 Å². The fourth-order valence-electron chi connectivity index (χ4n) is 3.34. The standard InChI is InChI=1S/C17H24N4/c1-12-11-21(9-7-16(12)19-3)17-15-5-4-14(18-2)10-13(15)6-8-20-17/h4-6,8,10,12,16,18-19H,7,9,11H2,1-3H3. The molecule has 2 unspecified atom stereocenters. The van der Waals surface area contributed by atoms with E-state index in [1.54, 1.807) is 0 Å². The summed E-state index contributed by atoms with van der Waals surface area (Å²) in [4.78, 5) is 7.09. The normalized spacial score (nSPS) is 22.5. The molecule has 112 valence electrons. The summed E-state index contributed by atoms with van der Waals surface area (Å²) in [5.41, 5.74) is 1.14. The van der Waals surface area contributed by atoms with Gasteiger partial charge in [-0.1, -0.05) is 6.92 Å². The Morgan fingerprint density at radius 1 is 1.24 bits per heavy atom. The van der Waals surface area contributed by atoms with Gasteiger partial charge in [0, 0.05) is 43.4 Å². The van der Waals surface area contributed by atoms with E-state index in [1.807, 2.05) is 13.2 Å². The van der Waals surface area contributed by atoms with Crippen molar-refractivity contribution in [1.82, 2.24) is 10.3 Å². The Balaban J connectivity index is 1.94. The molecule has 1 aliphatic heterocycles. The summed E-state index contributed by atoms with van der Waals surface area (Å²) in [6.45, 7) is 4.44. The van der Waals surface area contributed by atoms with E-state index in [0.717, 1.165) is 24.6 Å². The van der Waals surface area contributed by atoms with Gasteiger partial charge in [-0.25, -0.2) is 4.98 Å². The Bertz CT molecular complexity index is 625. The molecule has 2 heterocycles. The van der Waals surface area contributed by atoms with Crippen molar-refractivity contribution in [2.45, 2.75) is 19.4 Å². The first kappa shape index (κ1) is 14.1. The van der Waals surface area contributed by atoms with Gasteiger partial charge in [0.05, 0.1) is 0 Å². The summed E-state index contributed by atoms with van der Waals surface area (Å²) in [5.74, 6) is 1.76. The van der Waals surface area contributed by atoms with Gasteiger partial charge in [0.25, 0.3) is 0 Å². The minimum Gasteiger partial charge on any atom is -0.388 e. The minimum atomic E-state index is 0.618. The van der Waals surface area contributed by atoms with Crippen LogP contribution in [0.15, 0.2) is 30.5 Å². The summed E-state index contributed by atoms with van der Waals surface area (Å²) >= 11 is 0. The highest BCUT2D eigenvalue weighted by atomic mass is 15.2. The molecule has 1 fully saturated rings. The van der Waals surface area contributed by atoms with E-state index in [4.69, 9.17) is 0 Å². The van der Waals surface area contributed by atoms with E-state index in [2.05, 4.69) is 58.8 Å². The highest BCUT2D eigenvalue weighted by molar-refractivity contribution is 5.94. The maximum atomic E-state index is 4.66. The van der Waals surface area contributed by atoms with Crippen LogP contribution < -0.4 is 15.5 Å². The lowest BCUT2D eigenvalue weighted by Crippen LogP contribution is -2.47. The first-order valence-electron chi connectivity index (χ1n) is 7.71. The second kappa shape index (κ2) is 5.90. The third-order valence-electron chi connectivity index (χ3n) is 4.61. The van der Waals surface area contributed by atoms with E-state index in [0.29, 0.717) is 12.0 Å². The van der Waals surface area contributed by atoms with Crippen LogP contribution in [0.25, 0.3) is 10.8 Å². The van der Waals surface area contributed by atoms with Crippen LogP contribution in [0, 0.1) is 5.92 Å². The van der Waals surface area contributed by atoms with Crippen LogP contribution >= 0.6 is 0 Å². The van der Waals surface area contributed by atoms with Crippen molar-refractivity contribution in [2.75, 3.05) is 37.4 Å². The third-order valence-corrected chi connectivity index (χ3v) is 4.61. The predicted octanol–water partition coefficient (Wildman–Crippen LogP) is 2.71. The van der Waals surface area contributed by atoms with Crippen LogP contribution in [-0.2, 0) is 0 Å². The molecule has 0 bridgehead atoms. The molecule has 0 amide bonds. The molecular formula is C17H24N4. The topological polar surface area (TPSA) is 40.2 Å². The fourth-order valence-corrected chi connectivity index (χ4v) is 3.34. The summed E-state index contributed by atoms with van der Waals surface area (Å²) in [5, 5.41) is 9.11. The lowest BCUT2D eigenvalue weighted by molar-refractivity contribution is 0.338. The number of hydrogen-bond acceptors (Lipinski definition) is 4. The van der Waals surface area contributed by atoms with Crippen molar-refractivity contribution >= 4 is 22.3 Å². The number of nitrogens with zero attached hydrogens (tertiary/aromatic N) is 2. The lowest BCUT2D eigenvalue weighted by atomic mass is 9.94. The smallest absolute Gasteiger partial charge is 0.136 e. The lowest BCUT2D eigenvalue weighted by Gasteiger charge is -2.37. The van der Waals surface area contributed by atoms with Gasteiger partial charge in [-0.15, -0.1) is 0 Å². The van der Waals surface area contributed by atoms with Gasteiger partial charge in [-0.05, 0) is 49.0 Å². The number of rotatable bonds is 3. The maximum Gasteiger partial charge on any atom is 0.136 e. The van der Waals surface area contributed by atoms with Gasteiger partial charge >= 0.3 is 0 Å². The molecule has 0 spiro atoms. The van der Waals surface area contributed by atoms with Crippen molar-refractivity contribution in [2.24, 2.45) is 5.92 Å². The SMILES string of the molecule is CNc1ccc2c(N3CCC(NC)C(C)C3)nccc2c1. The molecule has 4 nitrogen and oxygen atoms in total. The third kappa shape index (κ3) is 2.68. The van der Waals surface area contributed by atoms with Crippen LogP contribution in [0.5, 0.6) is 0 Å². The Morgan fingerprint density at radius 2 is 2.10 bits per heavy atom. The van der Waals surface area contributed by atoms with Gasteiger partial charge in [-0.3, -0.25) is 0 Å². The Kier molecular flexibility index (Phi) is 3.97. The van der Waals surface area contributed by atoms with Crippen molar-refractivity contribution in [3.63, 3.8) is 0 Å². The van der Waals surface area contributed by atoms with Crippen molar-refractivity contribution in [1.29, 1.82) is 0 Å².